The van der Waals surface area contributed by atoms with E-state index in [1.165, 1.54) is 0 Å². The second-order valence-electron chi connectivity index (χ2n) is 6.38. The molecule has 0 aliphatic heterocycles. The van der Waals surface area contributed by atoms with Gasteiger partial charge in [0.1, 0.15) is 0 Å². The second kappa shape index (κ2) is 4.56. The van der Waals surface area contributed by atoms with Gasteiger partial charge in [-0.1, -0.05) is 0 Å². The standard InChI is InChI=1S/C16H17N3O3/c1-19-7-17-13-4-8(2-3-14(13)19)15(20)18-12-6-10(12)9-5-11(9)16(21)22/h2-4,7,9-12H,5-6H2,1H3,(H,18,20)(H,21,22)/t9-,10+,11-,12+/m0/s1. The van der Waals surface area contributed by atoms with Gasteiger partial charge in [0.2, 0.25) is 0 Å². The van der Waals surface area contributed by atoms with Crippen LogP contribution >= 0.6 is 0 Å². The number of hydrogen-bond donors (Lipinski definition) is 2. The lowest BCUT2D eigenvalue weighted by Gasteiger charge is -2.05. The molecule has 114 valence electrons. The Balaban J connectivity index is 1.41. The maximum Gasteiger partial charge on any atom is 0.306 e. The minimum Gasteiger partial charge on any atom is -0.481 e. The molecular formula is C16H17N3O3. The fourth-order valence-corrected chi connectivity index (χ4v) is 3.35. The summed E-state index contributed by atoms with van der Waals surface area (Å²) in [6.45, 7) is 0. The summed E-state index contributed by atoms with van der Waals surface area (Å²) >= 11 is 0. The molecule has 1 aromatic carbocycles. The molecule has 0 unspecified atom stereocenters. The van der Waals surface area contributed by atoms with Gasteiger partial charge in [0.25, 0.3) is 5.91 Å². The number of carboxylic acids is 1. The molecule has 6 nitrogen and oxygen atoms in total. The minimum absolute atomic E-state index is 0.104. The number of amides is 1. The summed E-state index contributed by atoms with van der Waals surface area (Å²) in [4.78, 5) is 27.4. The van der Waals surface area contributed by atoms with E-state index >= 15 is 0 Å². The number of carbonyl (C=O) groups is 2. The lowest BCUT2D eigenvalue weighted by atomic mass is 10.1. The van der Waals surface area contributed by atoms with Crippen molar-refractivity contribution in [3.63, 3.8) is 0 Å². The predicted octanol–water partition coefficient (Wildman–Crippen LogP) is 1.41. The van der Waals surface area contributed by atoms with E-state index < -0.39 is 5.97 Å². The van der Waals surface area contributed by atoms with E-state index in [1.807, 2.05) is 17.7 Å². The third kappa shape index (κ3) is 2.15. The van der Waals surface area contributed by atoms with Crippen LogP contribution in [0, 0.1) is 17.8 Å². The van der Waals surface area contributed by atoms with Crippen LogP contribution in [0.1, 0.15) is 23.2 Å². The SMILES string of the molecule is Cn1cnc2cc(C(=O)N[C@@H]3C[C@@H]3[C@@H]3C[C@@H]3C(=O)O)ccc21. The first-order valence-electron chi connectivity index (χ1n) is 7.49. The number of nitrogens with zero attached hydrogens (tertiary/aromatic N) is 2. The molecule has 1 amide bonds. The number of aryl methyl sites for hydroxylation is 1. The predicted molar refractivity (Wildman–Crippen MR) is 79.3 cm³/mol. The van der Waals surface area contributed by atoms with Crippen molar-refractivity contribution >= 4 is 22.9 Å². The van der Waals surface area contributed by atoms with Crippen LogP contribution in [-0.4, -0.2) is 32.6 Å². The third-order valence-electron chi connectivity index (χ3n) is 4.85. The zero-order chi connectivity index (χ0) is 15.4. The number of rotatable bonds is 4. The maximum atomic E-state index is 12.3. The van der Waals surface area contributed by atoms with Crippen molar-refractivity contribution in [3.05, 3.63) is 30.1 Å². The fourth-order valence-electron chi connectivity index (χ4n) is 3.35. The molecule has 0 radical (unpaired) electrons. The molecule has 0 saturated heterocycles. The largest absolute Gasteiger partial charge is 0.481 e. The Morgan fingerprint density at radius 2 is 2.14 bits per heavy atom. The molecule has 2 N–H and O–H groups in total. The number of aromatic nitrogens is 2. The van der Waals surface area contributed by atoms with Gasteiger partial charge in [-0.2, -0.15) is 0 Å². The third-order valence-corrected chi connectivity index (χ3v) is 4.85. The molecular weight excluding hydrogens is 282 g/mol. The molecule has 0 spiro atoms. The van der Waals surface area contributed by atoms with E-state index in [0.717, 1.165) is 23.9 Å². The topological polar surface area (TPSA) is 84.2 Å². The lowest BCUT2D eigenvalue weighted by Crippen LogP contribution is -2.27. The van der Waals surface area contributed by atoms with Crippen LogP contribution in [0.4, 0.5) is 0 Å². The molecule has 2 aliphatic rings. The van der Waals surface area contributed by atoms with Gasteiger partial charge in [0.05, 0.1) is 23.3 Å². The normalized spacial score (nSPS) is 29.3. The number of imidazole rings is 1. The van der Waals surface area contributed by atoms with Gasteiger partial charge in [0, 0.05) is 18.7 Å². The van der Waals surface area contributed by atoms with E-state index in [2.05, 4.69) is 10.3 Å². The van der Waals surface area contributed by atoms with Crippen LogP contribution in [0.5, 0.6) is 0 Å². The van der Waals surface area contributed by atoms with E-state index in [0.29, 0.717) is 11.5 Å². The summed E-state index contributed by atoms with van der Waals surface area (Å²) in [7, 11) is 1.92. The lowest BCUT2D eigenvalue weighted by molar-refractivity contribution is -0.138. The molecule has 4 atom stereocenters. The zero-order valence-electron chi connectivity index (χ0n) is 12.2. The number of benzene rings is 1. The Labute approximate surface area is 127 Å². The highest BCUT2D eigenvalue weighted by Crippen LogP contribution is 2.54. The van der Waals surface area contributed by atoms with Crippen molar-refractivity contribution in [2.75, 3.05) is 0 Å². The first-order chi connectivity index (χ1) is 10.5. The number of carbonyl (C=O) groups excluding carboxylic acids is 1. The van der Waals surface area contributed by atoms with Crippen molar-refractivity contribution in [3.8, 4) is 0 Å². The van der Waals surface area contributed by atoms with Crippen molar-refractivity contribution in [2.24, 2.45) is 24.8 Å². The molecule has 4 rings (SSSR count). The molecule has 2 fully saturated rings. The molecule has 0 bridgehead atoms. The van der Waals surface area contributed by atoms with E-state index in [9.17, 15) is 9.59 Å². The average molecular weight is 299 g/mol. The fraction of sp³-hybridized carbons (Fsp3) is 0.438. The average Bonchev–Trinajstić information content (AvgIpc) is 3.37. The highest BCUT2D eigenvalue weighted by Gasteiger charge is 2.56. The highest BCUT2D eigenvalue weighted by molar-refractivity contribution is 5.97. The van der Waals surface area contributed by atoms with Crippen molar-refractivity contribution < 1.29 is 14.7 Å². The summed E-state index contributed by atoms with van der Waals surface area (Å²) in [6.07, 6.45) is 3.38. The van der Waals surface area contributed by atoms with E-state index in [-0.39, 0.29) is 23.8 Å². The van der Waals surface area contributed by atoms with Gasteiger partial charge >= 0.3 is 5.97 Å². The van der Waals surface area contributed by atoms with Gasteiger partial charge in [-0.3, -0.25) is 9.59 Å². The number of carboxylic acid groups (broad SMARTS) is 1. The Hall–Kier alpha value is -2.37. The summed E-state index contributed by atoms with van der Waals surface area (Å²) in [5, 5.41) is 12.0. The van der Waals surface area contributed by atoms with Gasteiger partial charge in [-0.15, -0.1) is 0 Å². The molecule has 22 heavy (non-hydrogen) atoms. The van der Waals surface area contributed by atoms with Crippen molar-refractivity contribution in [2.45, 2.75) is 18.9 Å². The zero-order valence-corrected chi connectivity index (χ0v) is 12.2. The first kappa shape index (κ1) is 13.3. The Morgan fingerprint density at radius 3 is 2.86 bits per heavy atom. The van der Waals surface area contributed by atoms with Gasteiger partial charge in [-0.05, 0) is 42.9 Å². The molecule has 1 heterocycles. The summed E-state index contributed by atoms with van der Waals surface area (Å²) in [6, 6.07) is 5.61. The molecule has 2 aromatic rings. The van der Waals surface area contributed by atoms with Gasteiger partial charge < -0.3 is 15.0 Å². The Kier molecular flexibility index (Phi) is 2.76. The quantitative estimate of drug-likeness (QED) is 0.894. The van der Waals surface area contributed by atoms with Crippen LogP contribution in [0.3, 0.4) is 0 Å². The highest BCUT2D eigenvalue weighted by atomic mass is 16.4. The number of nitrogens with one attached hydrogen (secondary N) is 1. The van der Waals surface area contributed by atoms with Crippen LogP contribution < -0.4 is 5.32 Å². The van der Waals surface area contributed by atoms with E-state index in [4.69, 9.17) is 5.11 Å². The van der Waals surface area contributed by atoms with Crippen molar-refractivity contribution in [1.82, 2.24) is 14.9 Å². The number of aliphatic carboxylic acids is 1. The summed E-state index contributed by atoms with van der Waals surface area (Å²) in [5.74, 6) is -0.420. The summed E-state index contributed by atoms with van der Waals surface area (Å²) in [5.41, 5.74) is 2.39. The number of hydrogen-bond acceptors (Lipinski definition) is 3. The number of fused-ring (bicyclic) bond motifs is 1. The maximum absolute atomic E-state index is 12.3. The monoisotopic (exact) mass is 299 g/mol. The molecule has 6 heteroatoms. The van der Waals surface area contributed by atoms with Crippen molar-refractivity contribution in [1.29, 1.82) is 0 Å². The van der Waals surface area contributed by atoms with Crippen LogP contribution in [-0.2, 0) is 11.8 Å². The second-order valence-corrected chi connectivity index (χ2v) is 6.38. The minimum atomic E-state index is -0.706. The molecule has 1 aromatic heterocycles. The van der Waals surface area contributed by atoms with Crippen LogP contribution in [0.15, 0.2) is 24.5 Å². The smallest absolute Gasteiger partial charge is 0.306 e. The Morgan fingerprint density at radius 1 is 1.32 bits per heavy atom. The van der Waals surface area contributed by atoms with Crippen LogP contribution in [0.2, 0.25) is 0 Å². The Bertz CT molecular complexity index is 782. The molecule has 2 aliphatic carbocycles. The molecule has 2 saturated carbocycles. The van der Waals surface area contributed by atoms with E-state index in [1.54, 1.807) is 18.5 Å². The summed E-state index contributed by atoms with van der Waals surface area (Å²) < 4.78 is 1.91. The van der Waals surface area contributed by atoms with Gasteiger partial charge in [0.15, 0.2) is 0 Å². The van der Waals surface area contributed by atoms with Gasteiger partial charge in [-0.25, -0.2) is 4.98 Å². The van der Waals surface area contributed by atoms with Crippen LogP contribution in [0.25, 0.3) is 11.0 Å². The first-order valence-corrected chi connectivity index (χ1v) is 7.49.